The summed E-state index contributed by atoms with van der Waals surface area (Å²) in [5.74, 6) is 2.68. The van der Waals surface area contributed by atoms with Gasteiger partial charge in [-0.3, -0.25) is 4.79 Å². The van der Waals surface area contributed by atoms with Gasteiger partial charge >= 0.3 is 0 Å². The Kier molecular flexibility index (Phi) is 14.1. The Hall–Kier alpha value is -1.03. The Balaban J connectivity index is 2.96. The Labute approximate surface area is 107 Å². The second kappa shape index (κ2) is 15.0. The smallest absolute Gasteiger partial charge is 0.142 e. The number of terminal acetylenes is 1. The van der Waals surface area contributed by atoms with Crippen LogP contribution in [-0.4, -0.2) is 6.29 Å². The summed E-state index contributed by atoms with van der Waals surface area (Å²) in [6, 6.07) is 0. The number of carbonyl (C=O) groups is 1. The Morgan fingerprint density at radius 3 is 1.88 bits per heavy atom. The van der Waals surface area contributed by atoms with Gasteiger partial charge < -0.3 is 0 Å². The van der Waals surface area contributed by atoms with Crippen molar-refractivity contribution in [1.82, 2.24) is 0 Å². The predicted octanol–water partition coefficient (Wildman–Crippen LogP) is 4.67. The minimum absolute atomic E-state index is 0.847. The first kappa shape index (κ1) is 16.0. The molecule has 0 bridgehead atoms. The van der Waals surface area contributed by atoms with Crippen molar-refractivity contribution in [3.8, 4) is 12.3 Å². The minimum Gasteiger partial charge on any atom is -0.299 e. The molecule has 0 radical (unpaired) electrons. The van der Waals surface area contributed by atoms with Gasteiger partial charge in [0, 0.05) is 6.42 Å². The van der Waals surface area contributed by atoms with E-state index in [1.165, 1.54) is 57.8 Å². The van der Waals surface area contributed by atoms with Crippen molar-refractivity contribution in [2.24, 2.45) is 0 Å². The number of hydrogen-bond acceptors (Lipinski definition) is 1. The molecule has 0 aromatic carbocycles. The lowest BCUT2D eigenvalue weighted by Crippen LogP contribution is -1.81. The maximum absolute atomic E-state index is 10.0. The molecule has 1 nitrogen and oxygen atoms in total. The zero-order valence-corrected chi connectivity index (χ0v) is 11.0. The van der Waals surface area contributed by atoms with Gasteiger partial charge in [-0.05, 0) is 25.3 Å². The van der Waals surface area contributed by atoms with E-state index >= 15 is 0 Å². The molecule has 0 fully saturated rings. The van der Waals surface area contributed by atoms with Gasteiger partial charge in [0.2, 0.25) is 0 Å². The minimum atomic E-state index is 0.847. The van der Waals surface area contributed by atoms with Crippen molar-refractivity contribution in [2.45, 2.75) is 70.6 Å². The zero-order chi connectivity index (χ0) is 12.6. The first-order valence-electron chi connectivity index (χ1n) is 6.95. The van der Waals surface area contributed by atoms with E-state index < -0.39 is 0 Å². The van der Waals surface area contributed by atoms with Gasteiger partial charge in [-0.15, -0.1) is 12.3 Å². The van der Waals surface area contributed by atoms with Gasteiger partial charge in [0.15, 0.2) is 0 Å². The third-order valence-corrected chi connectivity index (χ3v) is 2.91. The fourth-order valence-corrected chi connectivity index (χ4v) is 1.88. The van der Waals surface area contributed by atoms with E-state index in [0.29, 0.717) is 0 Å². The summed E-state index contributed by atoms with van der Waals surface area (Å²) >= 11 is 0. The van der Waals surface area contributed by atoms with Crippen LogP contribution in [-0.2, 0) is 4.79 Å². The molecule has 0 aliphatic carbocycles. The summed E-state index contributed by atoms with van der Waals surface area (Å²) in [7, 11) is 0. The molecule has 0 rings (SSSR count). The molecule has 0 saturated heterocycles. The molecule has 0 aromatic heterocycles. The molecule has 96 valence electrons. The number of unbranched alkanes of at least 4 members (excludes halogenated alkanes) is 10. The lowest BCUT2D eigenvalue weighted by molar-refractivity contribution is -0.104. The number of aldehydes is 1. The van der Waals surface area contributed by atoms with Gasteiger partial charge in [-0.2, -0.15) is 0 Å². The number of hydrogen-bond donors (Lipinski definition) is 0. The van der Waals surface area contributed by atoms with Gasteiger partial charge in [0.1, 0.15) is 6.29 Å². The lowest BCUT2D eigenvalue weighted by Gasteiger charge is -2.00. The first-order chi connectivity index (χ1) is 8.41. The molecule has 0 spiro atoms. The summed E-state index contributed by atoms with van der Waals surface area (Å²) in [6.07, 6.45) is 23.3. The molecule has 0 atom stereocenters. The Morgan fingerprint density at radius 1 is 0.824 bits per heavy atom. The maximum atomic E-state index is 10.0. The molecule has 0 aromatic rings. The second-order valence-electron chi connectivity index (χ2n) is 4.49. The summed E-state index contributed by atoms with van der Waals surface area (Å²) in [5, 5.41) is 0. The van der Waals surface area contributed by atoms with Gasteiger partial charge in [0.05, 0.1) is 0 Å². The van der Waals surface area contributed by atoms with Crippen molar-refractivity contribution in [3.05, 3.63) is 12.2 Å². The van der Waals surface area contributed by atoms with E-state index in [9.17, 15) is 4.79 Å². The molecular formula is C16H26O. The third kappa shape index (κ3) is 15.0. The maximum Gasteiger partial charge on any atom is 0.142 e. The molecule has 0 aliphatic heterocycles. The van der Waals surface area contributed by atoms with E-state index in [0.717, 1.165) is 19.1 Å². The number of rotatable bonds is 12. The van der Waals surface area contributed by atoms with Crippen LogP contribution in [0.5, 0.6) is 0 Å². The average Bonchev–Trinajstić information content (AvgIpc) is 2.35. The molecule has 0 heterocycles. The van der Waals surface area contributed by atoms with Crippen LogP contribution in [0.3, 0.4) is 0 Å². The molecule has 1 heteroatoms. The van der Waals surface area contributed by atoms with Crippen molar-refractivity contribution in [2.75, 3.05) is 0 Å². The van der Waals surface area contributed by atoms with E-state index in [1.54, 1.807) is 6.08 Å². The zero-order valence-electron chi connectivity index (χ0n) is 11.0. The van der Waals surface area contributed by atoms with Crippen LogP contribution in [0, 0.1) is 12.3 Å². The van der Waals surface area contributed by atoms with Crippen molar-refractivity contribution >= 4 is 6.29 Å². The molecule has 0 amide bonds. The molecule has 0 aliphatic rings. The van der Waals surface area contributed by atoms with E-state index in [1.807, 2.05) is 6.08 Å². The average molecular weight is 234 g/mol. The van der Waals surface area contributed by atoms with E-state index in [-0.39, 0.29) is 0 Å². The number of allylic oxidation sites excluding steroid dienone is 2. The van der Waals surface area contributed by atoms with E-state index in [2.05, 4.69) is 5.92 Å². The highest BCUT2D eigenvalue weighted by Crippen LogP contribution is 2.11. The van der Waals surface area contributed by atoms with Crippen molar-refractivity contribution in [3.63, 3.8) is 0 Å². The highest BCUT2D eigenvalue weighted by molar-refractivity contribution is 5.64. The standard InChI is InChI=1S/C16H26O/c1-2-3-4-5-6-7-8-9-10-11-12-13-14-15-16-17/h1,14-16H,3-13H2/b15-14+. The summed E-state index contributed by atoms with van der Waals surface area (Å²) < 4.78 is 0. The van der Waals surface area contributed by atoms with Crippen molar-refractivity contribution < 1.29 is 4.79 Å². The molecular weight excluding hydrogens is 208 g/mol. The first-order valence-corrected chi connectivity index (χ1v) is 6.95. The second-order valence-corrected chi connectivity index (χ2v) is 4.49. The fraction of sp³-hybridized carbons (Fsp3) is 0.688. The van der Waals surface area contributed by atoms with Gasteiger partial charge in [0.25, 0.3) is 0 Å². The summed E-state index contributed by atoms with van der Waals surface area (Å²) in [5.41, 5.74) is 0. The van der Waals surface area contributed by atoms with Crippen molar-refractivity contribution in [1.29, 1.82) is 0 Å². The van der Waals surface area contributed by atoms with Crippen LogP contribution in [0.1, 0.15) is 70.6 Å². The number of carbonyl (C=O) groups excluding carboxylic acids is 1. The molecule has 0 unspecified atom stereocenters. The summed E-state index contributed by atoms with van der Waals surface area (Å²) in [6.45, 7) is 0. The lowest BCUT2D eigenvalue weighted by atomic mass is 10.1. The van der Waals surface area contributed by atoms with Gasteiger partial charge in [-0.1, -0.05) is 51.0 Å². The van der Waals surface area contributed by atoms with Crippen LogP contribution in [0.2, 0.25) is 0 Å². The molecule has 0 saturated carbocycles. The normalized spacial score (nSPS) is 10.5. The van der Waals surface area contributed by atoms with Crippen LogP contribution in [0.25, 0.3) is 0 Å². The fourth-order valence-electron chi connectivity index (χ4n) is 1.88. The van der Waals surface area contributed by atoms with Crippen LogP contribution in [0.15, 0.2) is 12.2 Å². The molecule has 0 N–H and O–H groups in total. The topological polar surface area (TPSA) is 17.1 Å². The van der Waals surface area contributed by atoms with Crippen LogP contribution >= 0.6 is 0 Å². The van der Waals surface area contributed by atoms with E-state index in [4.69, 9.17) is 6.42 Å². The quantitative estimate of drug-likeness (QED) is 0.208. The summed E-state index contributed by atoms with van der Waals surface area (Å²) in [4.78, 5) is 10.0. The highest BCUT2D eigenvalue weighted by atomic mass is 16.1. The van der Waals surface area contributed by atoms with Crippen LogP contribution < -0.4 is 0 Å². The van der Waals surface area contributed by atoms with Gasteiger partial charge in [-0.25, -0.2) is 0 Å². The van der Waals surface area contributed by atoms with Crippen LogP contribution in [0.4, 0.5) is 0 Å². The monoisotopic (exact) mass is 234 g/mol. The molecule has 17 heavy (non-hydrogen) atoms. The Morgan fingerprint density at radius 2 is 1.35 bits per heavy atom. The SMILES string of the molecule is C#CCCCCCCCCCCC/C=C/C=O. The predicted molar refractivity (Wildman–Crippen MR) is 74.8 cm³/mol. The Bertz CT molecular complexity index is 222. The largest absolute Gasteiger partial charge is 0.299 e. The third-order valence-electron chi connectivity index (χ3n) is 2.91. The highest BCUT2D eigenvalue weighted by Gasteiger charge is 1.91.